The van der Waals surface area contributed by atoms with Crippen molar-refractivity contribution in [1.82, 2.24) is 10.3 Å². The van der Waals surface area contributed by atoms with E-state index in [0.717, 1.165) is 0 Å². The maximum absolute atomic E-state index is 14.0. The van der Waals surface area contributed by atoms with E-state index in [1.54, 1.807) is 38.6 Å². The van der Waals surface area contributed by atoms with Crippen molar-refractivity contribution < 1.29 is 9.13 Å². The van der Waals surface area contributed by atoms with E-state index in [0.29, 0.717) is 22.0 Å². The van der Waals surface area contributed by atoms with Crippen molar-refractivity contribution in [3.05, 3.63) is 58.6 Å². The van der Waals surface area contributed by atoms with Crippen LogP contribution in [-0.2, 0) is 0 Å². The van der Waals surface area contributed by atoms with Gasteiger partial charge in [-0.05, 0) is 37.4 Å². The molecule has 19 heavy (non-hydrogen) atoms. The molecule has 100 valence electrons. The lowest BCUT2D eigenvalue weighted by molar-refractivity contribution is 0.400. The third kappa shape index (κ3) is 2.85. The summed E-state index contributed by atoms with van der Waals surface area (Å²) >= 11 is 5.93. The summed E-state index contributed by atoms with van der Waals surface area (Å²) in [4.78, 5) is 4.27. The monoisotopic (exact) mass is 280 g/mol. The van der Waals surface area contributed by atoms with E-state index in [1.165, 1.54) is 12.1 Å². The highest BCUT2D eigenvalue weighted by Gasteiger charge is 2.21. The van der Waals surface area contributed by atoms with Gasteiger partial charge >= 0.3 is 0 Å². The smallest absolute Gasteiger partial charge is 0.142 e. The van der Waals surface area contributed by atoms with Gasteiger partial charge in [-0.25, -0.2) is 4.39 Å². The summed E-state index contributed by atoms with van der Waals surface area (Å²) in [5.74, 6) is 0.262. The Morgan fingerprint density at radius 1 is 1.37 bits per heavy atom. The highest BCUT2D eigenvalue weighted by molar-refractivity contribution is 6.30. The van der Waals surface area contributed by atoms with Crippen LogP contribution in [0.4, 0.5) is 4.39 Å². The lowest BCUT2D eigenvalue weighted by Crippen LogP contribution is -2.21. The summed E-state index contributed by atoms with van der Waals surface area (Å²) < 4.78 is 19.2. The van der Waals surface area contributed by atoms with Crippen LogP contribution in [0.1, 0.15) is 17.3 Å². The van der Waals surface area contributed by atoms with E-state index in [9.17, 15) is 4.39 Å². The number of ether oxygens (including phenoxy) is 1. The summed E-state index contributed by atoms with van der Waals surface area (Å²) in [5.41, 5.74) is 1.06. The second-order valence-electron chi connectivity index (χ2n) is 3.98. The van der Waals surface area contributed by atoms with Crippen LogP contribution in [0.25, 0.3) is 0 Å². The number of nitrogens with one attached hydrogen (secondary N) is 1. The second kappa shape index (κ2) is 5.99. The van der Waals surface area contributed by atoms with Crippen LogP contribution in [0.3, 0.4) is 0 Å². The standard InChI is InChI=1S/C14H14ClFN2O/c1-17-13(10-8-9(15)5-6-11(10)16)14-12(19-2)4-3-7-18-14/h3-8,13,17H,1-2H3. The molecule has 0 saturated carbocycles. The Hall–Kier alpha value is -1.65. The first-order valence-electron chi connectivity index (χ1n) is 5.78. The molecule has 0 bridgehead atoms. The summed E-state index contributed by atoms with van der Waals surface area (Å²) in [7, 11) is 3.29. The van der Waals surface area contributed by atoms with Gasteiger partial charge < -0.3 is 10.1 Å². The molecule has 1 N–H and O–H groups in total. The van der Waals surface area contributed by atoms with E-state index in [-0.39, 0.29) is 5.82 Å². The van der Waals surface area contributed by atoms with Crippen LogP contribution >= 0.6 is 11.6 Å². The Kier molecular flexibility index (Phi) is 4.35. The number of hydrogen-bond acceptors (Lipinski definition) is 3. The SMILES string of the molecule is CNC(c1cc(Cl)ccc1F)c1ncccc1OC. The van der Waals surface area contributed by atoms with E-state index < -0.39 is 6.04 Å². The Morgan fingerprint density at radius 3 is 2.84 bits per heavy atom. The van der Waals surface area contributed by atoms with Crippen molar-refractivity contribution in [2.75, 3.05) is 14.2 Å². The molecule has 0 amide bonds. The molecule has 0 radical (unpaired) electrons. The average molecular weight is 281 g/mol. The maximum Gasteiger partial charge on any atom is 0.142 e. The zero-order chi connectivity index (χ0) is 13.8. The predicted octanol–water partition coefficient (Wildman–Crippen LogP) is 3.19. The fourth-order valence-corrected chi connectivity index (χ4v) is 2.15. The van der Waals surface area contributed by atoms with Gasteiger partial charge in [-0.2, -0.15) is 0 Å². The normalized spacial score (nSPS) is 12.2. The number of pyridine rings is 1. The number of aromatic nitrogens is 1. The van der Waals surface area contributed by atoms with Gasteiger partial charge in [-0.3, -0.25) is 4.98 Å². The number of halogens is 2. The van der Waals surface area contributed by atoms with Gasteiger partial charge in [0.1, 0.15) is 17.3 Å². The maximum atomic E-state index is 14.0. The molecular formula is C14H14ClFN2O. The molecule has 1 aromatic carbocycles. The third-order valence-electron chi connectivity index (χ3n) is 2.85. The molecule has 0 aliphatic carbocycles. The molecule has 1 unspecified atom stereocenters. The van der Waals surface area contributed by atoms with Crippen molar-refractivity contribution in [2.45, 2.75) is 6.04 Å². The van der Waals surface area contributed by atoms with Crippen LogP contribution in [0.5, 0.6) is 5.75 Å². The Bertz CT molecular complexity index is 577. The topological polar surface area (TPSA) is 34.2 Å². The summed E-state index contributed by atoms with van der Waals surface area (Å²) in [6, 6.07) is 7.58. The molecule has 1 aromatic heterocycles. The molecule has 3 nitrogen and oxygen atoms in total. The van der Waals surface area contributed by atoms with Gasteiger partial charge in [0, 0.05) is 16.8 Å². The van der Waals surface area contributed by atoms with Gasteiger partial charge in [0.05, 0.1) is 13.2 Å². The Morgan fingerprint density at radius 2 is 2.16 bits per heavy atom. The first-order chi connectivity index (χ1) is 9.17. The molecular weight excluding hydrogens is 267 g/mol. The van der Waals surface area contributed by atoms with Gasteiger partial charge in [-0.15, -0.1) is 0 Å². The lowest BCUT2D eigenvalue weighted by atomic mass is 10.0. The van der Waals surface area contributed by atoms with E-state index >= 15 is 0 Å². The second-order valence-corrected chi connectivity index (χ2v) is 4.41. The van der Waals surface area contributed by atoms with Crippen molar-refractivity contribution in [3.63, 3.8) is 0 Å². The van der Waals surface area contributed by atoms with Crippen LogP contribution in [0.15, 0.2) is 36.5 Å². The fourth-order valence-electron chi connectivity index (χ4n) is 1.97. The van der Waals surface area contributed by atoms with Gasteiger partial charge in [0.15, 0.2) is 0 Å². The van der Waals surface area contributed by atoms with Crippen LogP contribution in [-0.4, -0.2) is 19.1 Å². The number of rotatable bonds is 4. The zero-order valence-electron chi connectivity index (χ0n) is 10.7. The predicted molar refractivity (Wildman–Crippen MR) is 73.1 cm³/mol. The molecule has 2 aromatic rings. The van der Waals surface area contributed by atoms with Crippen molar-refractivity contribution in [2.24, 2.45) is 0 Å². The van der Waals surface area contributed by atoms with Crippen molar-refractivity contribution >= 4 is 11.6 Å². The zero-order valence-corrected chi connectivity index (χ0v) is 11.4. The summed E-state index contributed by atoms with van der Waals surface area (Å²) in [5, 5.41) is 3.51. The molecule has 1 atom stereocenters. The van der Waals surface area contributed by atoms with Crippen LogP contribution in [0.2, 0.25) is 5.02 Å². The largest absolute Gasteiger partial charge is 0.495 e. The first-order valence-corrected chi connectivity index (χ1v) is 6.16. The fraction of sp³-hybridized carbons (Fsp3) is 0.214. The van der Waals surface area contributed by atoms with Crippen molar-refractivity contribution in [3.8, 4) is 5.75 Å². The number of methoxy groups -OCH3 is 1. The molecule has 0 spiro atoms. The van der Waals surface area contributed by atoms with Crippen LogP contribution < -0.4 is 10.1 Å². The van der Waals surface area contributed by atoms with E-state index in [1.807, 2.05) is 0 Å². The van der Waals surface area contributed by atoms with Gasteiger partial charge in [0.2, 0.25) is 0 Å². The van der Waals surface area contributed by atoms with E-state index in [2.05, 4.69) is 10.3 Å². The van der Waals surface area contributed by atoms with Gasteiger partial charge in [-0.1, -0.05) is 11.6 Å². The Labute approximate surface area is 116 Å². The minimum atomic E-state index is -0.421. The minimum absolute atomic E-state index is 0.337. The Balaban J connectivity index is 2.53. The molecule has 0 saturated heterocycles. The highest BCUT2D eigenvalue weighted by Crippen LogP contribution is 2.30. The minimum Gasteiger partial charge on any atom is -0.495 e. The first kappa shape index (κ1) is 13.8. The summed E-state index contributed by atoms with van der Waals surface area (Å²) in [6.07, 6.45) is 1.64. The molecule has 0 aliphatic heterocycles. The van der Waals surface area contributed by atoms with E-state index in [4.69, 9.17) is 16.3 Å². The third-order valence-corrected chi connectivity index (χ3v) is 3.09. The number of nitrogens with zero attached hydrogens (tertiary/aromatic N) is 1. The molecule has 0 aliphatic rings. The molecule has 0 fully saturated rings. The quantitative estimate of drug-likeness (QED) is 0.934. The average Bonchev–Trinajstić information content (AvgIpc) is 2.44. The number of hydrogen-bond donors (Lipinski definition) is 1. The molecule has 1 heterocycles. The summed E-state index contributed by atoms with van der Waals surface area (Å²) in [6.45, 7) is 0. The lowest BCUT2D eigenvalue weighted by Gasteiger charge is -2.19. The highest BCUT2D eigenvalue weighted by atomic mass is 35.5. The van der Waals surface area contributed by atoms with Crippen molar-refractivity contribution in [1.29, 1.82) is 0 Å². The molecule has 2 rings (SSSR count). The molecule has 5 heteroatoms. The van der Waals surface area contributed by atoms with Crippen LogP contribution in [0, 0.1) is 5.82 Å². The van der Waals surface area contributed by atoms with Gasteiger partial charge in [0.25, 0.3) is 0 Å². The number of benzene rings is 1.